The maximum Gasteiger partial charge on any atom is 0.282 e. The quantitative estimate of drug-likeness (QED) is 0.312. The largest absolute Gasteiger partial charge is 0.434 e. The number of aromatic nitrogens is 5. The van der Waals surface area contributed by atoms with Crippen molar-refractivity contribution < 1.29 is 13.9 Å². The fraction of sp³-hybridized carbons (Fsp3) is 0.639. The summed E-state index contributed by atoms with van der Waals surface area (Å²) in [5, 5.41) is 17.0. The van der Waals surface area contributed by atoms with Crippen molar-refractivity contribution in [1.29, 1.82) is 0 Å². The average Bonchev–Trinajstić information content (AvgIpc) is 3.60. The summed E-state index contributed by atoms with van der Waals surface area (Å²) in [4.78, 5) is 12.5. The summed E-state index contributed by atoms with van der Waals surface area (Å²) in [6.45, 7) is 13.3. The van der Waals surface area contributed by atoms with Crippen molar-refractivity contribution in [2.24, 2.45) is 22.7 Å². The van der Waals surface area contributed by atoms with Gasteiger partial charge in [0.2, 0.25) is 0 Å². The van der Waals surface area contributed by atoms with E-state index in [1.807, 2.05) is 6.07 Å². The van der Waals surface area contributed by atoms with Gasteiger partial charge in [-0.15, -0.1) is 10.2 Å². The summed E-state index contributed by atoms with van der Waals surface area (Å²) in [5.74, 6) is 3.01. The zero-order valence-electron chi connectivity index (χ0n) is 27.5. The molecule has 2 aromatic heterocycles. The first-order chi connectivity index (χ1) is 22.9. The van der Waals surface area contributed by atoms with Gasteiger partial charge in [-0.25, -0.2) is 9.37 Å². The standard InChI is InChI=1S/C36H45FN8O2/c1-23(2)32(25-13-27(14-25)43-11-9-36(19-43)20-46-21-36)45-17-35(18-45)8-12-44(16-35)33-34(42-40-22-38-33)47-30-6-5-26(37)15-29(30)31-28(24-3-4-24)7-10-39-41-31/h5-7,10,15,22-25,27,32H,3-4,8-9,11-14,16-21H2,1-2H3/t25?,27?,32-/m0/s1. The van der Waals surface area contributed by atoms with Crippen LogP contribution < -0.4 is 9.64 Å². The molecule has 0 amide bonds. The van der Waals surface area contributed by atoms with Gasteiger partial charge in [-0.2, -0.15) is 10.2 Å². The Morgan fingerprint density at radius 1 is 0.957 bits per heavy atom. The van der Waals surface area contributed by atoms with Crippen LogP contribution in [-0.2, 0) is 4.74 Å². The topological polar surface area (TPSA) is 92.6 Å². The highest BCUT2D eigenvalue weighted by Gasteiger charge is 2.54. The van der Waals surface area contributed by atoms with Crippen LogP contribution in [0, 0.1) is 28.5 Å². The molecule has 1 atom stereocenters. The highest BCUT2D eigenvalue weighted by molar-refractivity contribution is 5.71. The van der Waals surface area contributed by atoms with Gasteiger partial charge in [0.15, 0.2) is 5.82 Å². The Labute approximate surface area is 276 Å². The van der Waals surface area contributed by atoms with E-state index in [9.17, 15) is 4.39 Å². The van der Waals surface area contributed by atoms with E-state index in [2.05, 4.69) is 53.9 Å². The van der Waals surface area contributed by atoms with Crippen molar-refractivity contribution in [2.45, 2.75) is 70.4 Å². The molecule has 0 bridgehead atoms. The molecule has 9 rings (SSSR count). The van der Waals surface area contributed by atoms with Crippen LogP contribution in [0.5, 0.6) is 11.6 Å². The highest BCUT2D eigenvalue weighted by atomic mass is 19.1. The molecule has 2 aliphatic carbocycles. The Balaban J connectivity index is 0.870. The number of hydrogen-bond acceptors (Lipinski definition) is 10. The van der Waals surface area contributed by atoms with E-state index in [4.69, 9.17) is 9.47 Å². The van der Waals surface area contributed by atoms with Crippen LogP contribution in [0.25, 0.3) is 11.3 Å². The van der Waals surface area contributed by atoms with Crippen LogP contribution in [-0.4, -0.2) is 99.7 Å². The lowest BCUT2D eigenvalue weighted by atomic mass is 9.68. The Hall–Kier alpha value is -3.28. The van der Waals surface area contributed by atoms with Crippen molar-refractivity contribution in [3.05, 3.63) is 48.2 Å². The van der Waals surface area contributed by atoms with Gasteiger partial charge >= 0.3 is 0 Å². The second-order valence-electron chi connectivity index (χ2n) is 15.9. The Morgan fingerprint density at radius 3 is 2.53 bits per heavy atom. The van der Waals surface area contributed by atoms with Crippen LogP contribution in [0.3, 0.4) is 0 Å². The Morgan fingerprint density at radius 2 is 1.79 bits per heavy atom. The molecule has 47 heavy (non-hydrogen) atoms. The molecular formula is C36H45FN8O2. The molecule has 0 unspecified atom stereocenters. The van der Waals surface area contributed by atoms with Gasteiger partial charge in [-0.05, 0) is 92.7 Å². The first-order valence-corrected chi connectivity index (χ1v) is 17.7. The molecule has 10 nitrogen and oxygen atoms in total. The predicted molar refractivity (Wildman–Crippen MR) is 175 cm³/mol. The summed E-state index contributed by atoms with van der Waals surface area (Å²) >= 11 is 0. The van der Waals surface area contributed by atoms with E-state index in [0.29, 0.717) is 52.0 Å². The van der Waals surface area contributed by atoms with E-state index in [1.165, 1.54) is 50.8 Å². The van der Waals surface area contributed by atoms with Gasteiger partial charge in [0, 0.05) is 67.4 Å². The molecule has 0 radical (unpaired) electrons. The van der Waals surface area contributed by atoms with Gasteiger partial charge < -0.3 is 14.4 Å². The first kappa shape index (κ1) is 29.8. The lowest BCUT2D eigenvalue weighted by molar-refractivity contribution is -0.112. The fourth-order valence-electron chi connectivity index (χ4n) is 9.48. The minimum atomic E-state index is -0.349. The number of anilines is 1. The van der Waals surface area contributed by atoms with Crippen molar-refractivity contribution in [2.75, 3.05) is 57.4 Å². The van der Waals surface area contributed by atoms with Crippen LogP contribution >= 0.6 is 0 Å². The number of nitrogens with zero attached hydrogens (tertiary/aromatic N) is 8. The molecule has 2 spiro atoms. The smallest absolute Gasteiger partial charge is 0.282 e. The summed E-state index contributed by atoms with van der Waals surface area (Å²) < 4.78 is 26.6. The lowest BCUT2D eigenvalue weighted by Gasteiger charge is -2.57. The molecule has 0 N–H and O–H groups in total. The summed E-state index contributed by atoms with van der Waals surface area (Å²) in [6, 6.07) is 7.91. The molecule has 6 fully saturated rings. The molecule has 11 heteroatoms. The van der Waals surface area contributed by atoms with Crippen molar-refractivity contribution >= 4 is 5.82 Å². The number of ether oxygens (including phenoxy) is 2. The third-order valence-electron chi connectivity index (χ3n) is 12.1. The molecule has 1 aromatic carbocycles. The lowest BCUT2D eigenvalue weighted by Crippen LogP contribution is -2.65. The van der Waals surface area contributed by atoms with Gasteiger partial charge in [0.25, 0.3) is 5.88 Å². The summed E-state index contributed by atoms with van der Waals surface area (Å²) in [5.41, 5.74) is 3.04. The number of rotatable bonds is 9. The maximum atomic E-state index is 14.6. The molecule has 4 saturated heterocycles. The fourth-order valence-corrected chi connectivity index (χ4v) is 9.48. The Bertz CT molecular complexity index is 1630. The van der Waals surface area contributed by atoms with E-state index < -0.39 is 0 Å². The third kappa shape index (κ3) is 5.38. The Kier molecular flexibility index (Phi) is 7.24. The highest BCUT2D eigenvalue weighted by Crippen LogP contribution is 2.50. The third-order valence-corrected chi connectivity index (χ3v) is 12.1. The van der Waals surface area contributed by atoms with E-state index in [-0.39, 0.29) is 11.2 Å². The van der Waals surface area contributed by atoms with Crippen molar-refractivity contribution in [1.82, 2.24) is 35.2 Å². The van der Waals surface area contributed by atoms with E-state index in [0.717, 1.165) is 76.2 Å². The van der Waals surface area contributed by atoms with Crippen molar-refractivity contribution in [3.63, 3.8) is 0 Å². The van der Waals surface area contributed by atoms with Gasteiger partial charge in [-0.1, -0.05) is 13.8 Å². The molecular weight excluding hydrogens is 595 g/mol. The molecule has 248 valence electrons. The van der Waals surface area contributed by atoms with Crippen LogP contribution in [0.15, 0.2) is 36.8 Å². The second kappa shape index (κ2) is 11.4. The minimum Gasteiger partial charge on any atom is -0.434 e. The zero-order chi connectivity index (χ0) is 31.8. The maximum absolute atomic E-state index is 14.6. The van der Waals surface area contributed by atoms with Gasteiger partial charge in [-0.3, -0.25) is 9.80 Å². The minimum absolute atomic E-state index is 0.254. The monoisotopic (exact) mass is 640 g/mol. The average molecular weight is 641 g/mol. The van der Waals surface area contributed by atoms with Crippen LogP contribution in [0.4, 0.5) is 10.2 Å². The summed E-state index contributed by atoms with van der Waals surface area (Å²) in [6.07, 6.45) is 10.5. The molecule has 6 aliphatic rings. The van der Waals surface area contributed by atoms with E-state index >= 15 is 0 Å². The number of benzene rings is 1. The number of halogens is 1. The van der Waals surface area contributed by atoms with Gasteiger partial charge in [0.1, 0.15) is 23.6 Å². The first-order valence-electron chi connectivity index (χ1n) is 17.7. The normalized spacial score (nSPS) is 27.2. The molecule has 6 heterocycles. The van der Waals surface area contributed by atoms with Gasteiger partial charge in [0.05, 0.1) is 13.2 Å². The zero-order valence-corrected chi connectivity index (χ0v) is 27.5. The van der Waals surface area contributed by atoms with Crippen molar-refractivity contribution in [3.8, 4) is 22.9 Å². The van der Waals surface area contributed by atoms with Crippen LogP contribution in [0.1, 0.15) is 63.9 Å². The number of hydrogen-bond donors (Lipinski definition) is 0. The second-order valence-corrected chi connectivity index (χ2v) is 15.9. The number of likely N-dealkylation sites (tertiary alicyclic amines) is 2. The predicted octanol–water partition coefficient (Wildman–Crippen LogP) is 5.18. The molecule has 4 aliphatic heterocycles. The van der Waals surface area contributed by atoms with E-state index in [1.54, 1.807) is 12.3 Å². The molecule has 2 saturated carbocycles. The SMILES string of the molecule is CC(C)[C@@H](C1CC(N2CCC3(COC3)C2)C1)N1CC2(CCN(c3ncnnc3Oc3ccc(F)cc3-c3nnccc3C3CC3)C2)C1. The van der Waals surface area contributed by atoms with Crippen LogP contribution in [0.2, 0.25) is 0 Å². The summed E-state index contributed by atoms with van der Waals surface area (Å²) in [7, 11) is 0. The molecule has 3 aromatic rings.